The predicted octanol–water partition coefficient (Wildman–Crippen LogP) is 2.13. The Balaban J connectivity index is 1.56. The van der Waals surface area contributed by atoms with E-state index in [4.69, 9.17) is 0 Å². The molecule has 0 amide bonds. The van der Waals surface area contributed by atoms with Crippen LogP contribution in [0.5, 0.6) is 0 Å². The van der Waals surface area contributed by atoms with Crippen LogP contribution in [-0.4, -0.2) is 65.1 Å². The van der Waals surface area contributed by atoms with E-state index in [-0.39, 0.29) is 0 Å². The number of fused-ring (bicyclic) bond motifs is 1. The second-order valence-electron chi connectivity index (χ2n) is 5.56. The average Bonchev–Trinajstić information content (AvgIpc) is 3.02. The molecule has 1 aliphatic rings. The van der Waals surface area contributed by atoms with Gasteiger partial charge in [0.05, 0.1) is 5.39 Å². The minimum atomic E-state index is 0.521. The first-order valence-electron chi connectivity index (χ1n) is 7.66. The van der Waals surface area contributed by atoms with Gasteiger partial charge in [-0.05, 0) is 24.9 Å². The molecule has 1 saturated heterocycles. The van der Waals surface area contributed by atoms with Gasteiger partial charge in [-0.1, -0.05) is 6.92 Å². The van der Waals surface area contributed by atoms with Crippen LogP contribution in [0.2, 0.25) is 0 Å². The Morgan fingerprint density at radius 1 is 1.29 bits per heavy atom. The number of hydrogen-bond acceptors (Lipinski definition) is 6. The molecule has 1 aliphatic heterocycles. The van der Waals surface area contributed by atoms with Crippen LogP contribution in [0.4, 0.5) is 5.82 Å². The maximum absolute atomic E-state index is 4.38. The number of rotatable bonds is 5. The second kappa shape index (κ2) is 6.68. The van der Waals surface area contributed by atoms with Gasteiger partial charge < -0.3 is 10.2 Å². The summed E-state index contributed by atoms with van der Waals surface area (Å²) >= 11 is 1.66. The van der Waals surface area contributed by atoms with Crippen molar-refractivity contribution in [2.75, 3.05) is 44.6 Å². The zero-order valence-corrected chi connectivity index (χ0v) is 13.6. The number of likely N-dealkylation sites (N-methyl/N-ethyl adjacent to an activating group) is 1. The Morgan fingerprint density at radius 3 is 2.86 bits per heavy atom. The van der Waals surface area contributed by atoms with Crippen molar-refractivity contribution in [3.05, 3.63) is 17.8 Å². The Kier molecular flexibility index (Phi) is 4.67. The summed E-state index contributed by atoms with van der Waals surface area (Å²) in [6.07, 6.45) is 1.64. The maximum atomic E-state index is 4.38. The molecule has 1 N–H and O–H groups in total. The third-order valence-corrected chi connectivity index (χ3v) is 5.12. The number of thiophene rings is 1. The van der Waals surface area contributed by atoms with Crippen molar-refractivity contribution in [2.45, 2.75) is 19.9 Å². The summed E-state index contributed by atoms with van der Waals surface area (Å²) in [4.78, 5) is 14.8. The summed E-state index contributed by atoms with van der Waals surface area (Å²) in [7, 11) is 0. The Bertz CT molecular complexity index is 576. The number of nitrogens with zero attached hydrogens (tertiary/aromatic N) is 4. The molecule has 5 nitrogen and oxygen atoms in total. The van der Waals surface area contributed by atoms with Gasteiger partial charge in [0.2, 0.25) is 0 Å². The normalized spacial score (nSPS) is 19.0. The molecular weight excluding hydrogens is 282 g/mol. The molecule has 1 fully saturated rings. The van der Waals surface area contributed by atoms with Gasteiger partial charge in [0.25, 0.3) is 0 Å². The second-order valence-corrected chi connectivity index (χ2v) is 6.46. The third kappa shape index (κ3) is 3.33. The van der Waals surface area contributed by atoms with Crippen LogP contribution >= 0.6 is 11.3 Å². The van der Waals surface area contributed by atoms with E-state index in [2.05, 4.69) is 50.4 Å². The highest BCUT2D eigenvalue weighted by Gasteiger charge is 2.20. The van der Waals surface area contributed by atoms with Crippen LogP contribution in [0.15, 0.2) is 17.8 Å². The summed E-state index contributed by atoms with van der Waals surface area (Å²) in [5.74, 6) is 0.959. The number of piperazine rings is 1. The standard InChI is InChI=1S/C15H23N5S/c1-3-19-5-7-20(8-6-19)12(2)10-16-14-13-4-9-21-15(13)18-11-17-14/h4,9,11-12H,3,5-8,10H2,1-2H3,(H,16,17,18)/t12-/m1/s1. The molecule has 6 heteroatoms. The van der Waals surface area contributed by atoms with Crippen molar-refractivity contribution in [3.8, 4) is 0 Å². The molecule has 0 saturated carbocycles. The molecule has 0 radical (unpaired) electrons. The molecule has 0 aliphatic carbocycles. The quantitative estimate of drug-likeness (QED) is 0.917. The molecular formula is C15H23N5S. The van der Waals surface area contributed by atoms with Crippen molar-refractivity contribution in [1.82, 2.24) is 19.8 Å². The van der Waals surface area contributed by atoms with E-state index in [9.17, 15) is 0 Å². The lowest BCUT2D eigenvalue weighted by Crippen LogP contribution is -2.51. The van der Waals surface area contributed by atoms with Gasteiger partial charge in [-0.15, -0.1) is 11.3 Å². The van der Waals surface area contributed by atoms with Gasteiger partial charge in [-0.25, -0.2) is 9.97 Å². The Labute approximate surface area is 130 Å². The lowest BCUT2D eigenvalue weighted by molar-refractivity contribution is 0.110. The SMILES string of the molecule is CCN1CCN([C@H](C)CNc2ncnc3sccc23)CC1. The number of anilines is 1. The third-order valence-electron chi connectivity index (χ3n) is 4.30. The zero-order valence-electron chi connectivity index (χ0n) is 12.7. The van der Waals surface area contributed by atoms with Crippen LogP contribution in [-0.2, 0) is 0 Å². The van der Waals surface area contributed by atoms with Gasteiger partial charge >= 0.3 is 0 Å². The van der Waals surface area contributed by atoms with Crippen LogP contribution in [0, 0.1) is 0 Å². The van der Waals surface area contributed by atoms with E-state index < -0.39 is 0 Å². The average molecular weight is 305 g/mol. The Hall–Kier alpha value is -1.24. The fourth-order valence-electron chi connectivity index (χ4n) is 2.82. The van der Waals surface area contributed by atoms with Crippen LogP contribution in [0.1, 0.15) is 13.8 Å². The molecule has 0 unspecified atom stereocenters. The fraction of sp³-hybridized carbons (Fsp3) is 0.600. The van der Waals surface area contributed by atoms with Crippen molar-refractivity contribution in [2.24, 2.45) is 0 Å². The maximum Gasteiger partial charge on any atom is 0.138 e. The molecule has 3 heterocycles. The van der Waals surface area contributed by atoms with Crippen molar-refractivity contribution < 1.29 is 0 Å². The van der Waals surface area contributed by atoms with Crippen LogP contribution < -0.4 is 5.32 Å². The smallest absolute Gasteiger partial charge is 0.138 e. The Morgan fingerprint density at radius 2 is 2.10 bits per heavy atom. The van der Waals surface area contributed by atoms with E-state index >= 15 is 0 Å². The van der Waals surface area contributed by atoms with E-state index in [1.807, 2.05) is 0 Å². The molecule has 2 aromatic rings. The summed E-state index contributed by atoms with van der Waals surface area (Å²) in [5, 5.41) is 6.69. The monoisotopic (exact) mass is 305 g/mol. The molecule has 0 bridgehead atoms. The van der Waals surface area contributed by atoms with Crippen LogP contribution in [0.3, 0.4) is 0 Å². The minimum Gasteiger partial charge on any atom is -0.368 e. The van der Waals surface area contributed by atoms with E-state index in [1.54, 1.807) is 17.7 Å². The number of hydrogen-bond donors (Lipinski definition) is 1. The number of nitrogens with one attached hydrogen (secondary N) is 1. The van der Waals surface area contributed by atoms with Crippen molar-refractivity contribution >= 4 is 27.4 Å². The predicted molar refractivity (Wildman–Crippen MR) is 89.1 cm³/mol. The zero-order chi connectivity index (χ0) is 14.7. The fourth-order valence-corrected chi connectivity index (χ4v) is 3.56. The van der Waals surface area contributed by atoms with Gasteiger partial charge in [0.15, 0.2) is 0 Å². The summed E-state index contributed by atoms with van der Waals surface area (Å²) in [6.45, 7) is 11.3. The lowest BCUT2D eigenvalue weighted by atomic mass is 10.2. The van der Waals surface area contributed by atoms with Crippen LogP contribution in [0.25, 0.3) is 10.2 Å². The van der Waals surface area contributed by atoms with E-state index in [0.717, 1.165) is 42.2 Å². The van der Waals surface area contributed by atoms with Crippen molar-refractivity contribution in [3.63, 3.8) is 0 Å². The first kappa shape index (κ1) is 14.7. The van der Waals surface area contributed by atoms with Gasteiger partial charge in [0, 0.05) is 38.8 Å². The van der Waals surface area contributed by atoms with E-state index in [0.29, 0.717) is 6.04 Å². The topological polar surface area (TPSA) is 44.3 Å². The molecule has 0 spiro atoms. The molecule has 0 aromatic carbocycles. The van der Waals surface area contributed by atoms with Gasteiger partial charge in [0.1, 0.15) is 17.0 Å². The molecule has 21 heavy (non-hydrogen) atoms. The molecule has 3 rings (SSSR count). The highest BCUT2D eigenvalue weighted by Crippen LogP contribution is 2.23. The largest absolute Gasteiger partial charge is 0.368 e. The number of aromatic nitrogens is 2. The highest BCUT2D eigenvalue weighted by atomic mass is 32.1. The summed E-state index contributed by atoms with van der Waals surface area (Å²) in [5.41, 5.74) is 0. The van der Waals surface area contributed by atoms with Gasteiger partial charge in [-0.3, -0.25) is 4.90 Å². The highest BCUT2D eigenvalue weighted by molar-refractivity contribution is 7.16. The van der Waals surface area contributed by atoms with E-state index in [1.165, 1.54) is 13.1 Å². The van der Waals surface area contributed by atoms with Gasteiger partial charge in [-0.2, -0.15) is 0 Å². The lowest BCUT2D eigenvalue weighted by Gasteiger charge is -2.37. The van der Waals surface area contributed by atoms with Crippen molar-refractivity contribution in [1.29, 1.82) is 0 Å². The molecule has 114 valence electrons. The molecule has 2 aromatic heterocycles. The first-order valence-corrected chi connectivity index (χ1v) is 8.54. The summed E-state index contributed by atoms with van der Waals surface area (Å²) in [6, 6.07) is 2.61. The molecule has 1 atom stereocenters. The summed E-state index contributed by atoms with van der Waals surface area (Å²) < 4.78 is 0. The minimum absolute atomic E-state index is 0.521. The first-order chi connectivity index (χ1) is 10.3.